The van der Waals surface area contributed by atoms with Crippen molar-refractivity contribution < 1.29 is 14.6 Å². The summed E-state index contributed by atoms with van der Waals surface area (Å²) in [6.45, 7) is 8.72. The summed E-state index contributed by atoms with van der Waals surface area (Å²) in [4.78, 5) is 4.45. The molecule has 0 aliphatic carbocycles. The number of hydrogen-bond acceptors (Lipinski definition) is 4. The van der Waals surface area contributed by atoms with Crippen LogP contribution in [0.4, 0.5) is 0 Å². The third kappa shape index (κ3) is 6.04. The minimum absolute atomic E-state index is 0.169. The van der Waals surface area contributed by atoms with Crippen LogP contribution in [0.5, 0.6) is 0 Å². The Balaban J connectivity index is 1.88. The zero-order valence-corrected chi connectivity index (χ0v) is 15.0. The quantitative estimate of drug-likeness (QED) is 0.601. The van der Waals surface area contributed by atoms with E-state index in [1.54, 1.807) is 6.92 Å². The normalized spacial score (nSPS) is 13.7. The fourth-order valence-corrected chi connectivity index (χ4v) is 2.17. The van der Waals surface area contributed by atoms with E-state index in [2.05, 4.69) is 17.1 Å². The summed E-state index contributed by atoms with van der Waals surface area (Å²) in [5, 5.41) is 10.7. The fraction of sp³-hybridized carbons (Fsp3) is 0.450. The average Bonchev–Trinajstić information content (AvgIpc) is 2.52. The Kier molecular flexibility index (Phi) is 6.49. The van der Waals surface area contributed by atoms with Crippen molar-refractivity contribution in [2.45, 2.75) is 45.8 Å². The first-order valence-electron chi connectivity index (χ1n) is 8.31. The number of benzene rings is 1. The number of fused-ring (bicyclic) bond motifs is 1. The summed E-state index contributed by atoms with van der Waals surface area (Å²) in [5.74, 6) is 0. The number of rotatable bonds is 7. The Morgan fingerprint density at radius 2 is 2.04 bits per heavy atom. The molecule has 0 fully saturated rings. The number of pyridine rings is 1. The van der Waals surface area contributed by atoms with Crippen LogP contribution in [0.1, 0.15) is 51.3 Å². The summed E-state index contributed by atoms with van der Waals surface area (Å²) < 4.78 is 10.9. The second-order valence-electron chi connectivity index (χ2n) is 6.87. The Bertz CT molecular complexity index is 687. The first-order valence-corrected chi connectivity index (χ1v) is 8.31. The highest BCUT2D eigenvalue weighted by molar-refractivity contribution is 5.81. The summed E-state index contributed by atoms with van der Waals surface area (Å²) in [6, 6.07) is 7.91. The third-order valence-electron chi connectivity index (χ3n) is 3.52. The van der Waals surface area contributed by atoms with Crippen LogP contribution < -0.4 is 0 Å². The second kappa shape index (κ2) is 8.38. The standard InChI is InChI=1S/C20H27NO3/c1-15(22)17-8-9-19-18(12-17)11-16(13-21-19)7-5-6-10-23-14-24-20(2,3)4/h5,7-9,11-13,15,22H,6,10,14H2,1-4H3/b7-5+/t15-/m1/s1. The van der Waals surface area contributed by atoms with E-state index in [1.165, 1.54) is 0 Å². The molecule has 0 spiro atoms. The van der Waals surface area contributed by atoms with Gasteiger partial charge in [0.15, 0.2) is 0 Å². The molecule has 130 valence electrons. The predicted octanol–water partition coefficient (Wildman–Crippen LogP) is 4.48. The molecule has 2 aromatic rings. The van der Waals surface area contributed by atoms with E-state index >= 15 is 0 Å². The molecule has 0 unspecified atom stereocenters. The first-order chi connectivity index (χ1) is 11.3. The minimum atomic E-state index is -0.471. The lowest BCUT2D eigenvalue weighted by molar-refractivity contribution is -0.118. The minimum Gasteiger partial charge on any atom is -0.389 e. The van der Waals surface area contributed by atoms with Crippen molar-refractivity contribution in [2.24, 2.45) is 0 Å². The van der Waals surface area contributed by atoms with Gasteiger partial charge in [0.25, 0.3) is 0 Å². The van der Waals surface area contributed by atoms with Gasteiger partial charge in [-0.3, -0.25) is 4.98 Å². The lowest BCUT2D eigenvalue weighted by Crippen LogP contribution is -2.21. The van der Waals surface area contributed by atoms with Gasteiger partial charge in [-0.25, -0.2) is 0 Å². The lowest BCUT2D eigenvalue weighted by Gasteiger charge is -2.18. The average molecular weight is 329 g/mol. The molecule has 4 heteroatoms. The van der Waals surface area contributed by atoms with Crippen molar-refractivity contribution in [1.82, 2.24) is 4.98 Å². The van der Waals surface area contributed by atoms with Crippen molar-refractivity contribution >= 4 is 17.0 Å². The SMILES string of the molecule is C[C@@H](O)c1ccc2ncc(/C=C/CCOCOC(C)(C)C)cc2c1. The van der Waals surface area contributed by atoms with Gasteiger partial charge in [-0.1, -0.05) is 18.2 Å². The van der Waals surface area contributed by atoms with Gasteiger partial charge in [0.1, 0.15) is 6.79 Å². The van der Waals surface area contributed by atoms with Crippen LogP contribution in [0.2, 0.25) is 0 Å². The fourth-order valence-electron chi connectivity index (χ4n) is 2.17. The van der Waals surface area contributed by atoms with Gasteiger partial charge in [-0.15, -0.1) is 0 Å². The van der Waals surface area contributed by atoms with E-state index < -0.39 is 6.10 Å². The molecule has 1 aromatic carbocycles. The number of nitrogens with zero attached hydrogens (tertiary/aromatic N) is 1. The first kappa shape index (κ1) is 18.6. The molecule has 2 rings (SSSR count). The van der Waals surface area contributed by atoms with Gasteiger partial charge >= 0.3 is 0 Å². The largest absolute Gasteiger partial charge is 0.389 e. The smallest absolute Gasteiger partial charge is 0.147 e. The van der Waals surface area contributed by atoms with Crippen LogP contribution >= 0.6 is 0 Å². The molecule has 0 aliphatic heterocycles. The Labute approximate surface area is 144 Å². The summed E-state index contributed by atoms with van der Waals surface area (Å²) in [6.07, 6.45) is 6.30. The van der Waals surface area contributed by atoms with E-state index in [9.17, 15) is 5.11 Å². The van der Waals surface area contributed by atoms with Crippen LogP contribution in [0.25, 0.3) is 17.0 Å². The molecule has 1 atom stereocenters. The molecule has 0 bridgehead atoms. The number of aliphatic hydroxyl groups excluding tert-OH is 1. The summed E-state index contributed by atoms with van der Waals surface area (Å²) in [5.41, 5.74) is 2.70. The highest BCUT2D eigenvalue weighted by atomic mass is 16.7. The van der Waals surface area contributed by atoms with Crippen molar-refractivity contribution in [3.8, 4) is 0 Å². The van der Waals surface area contributed by atoms with Crippen molar-refractivity contribution in [3.05, 3.63) is 47.7 Å². The topological polar surface area (TPSA) is 51.6 Å². The number of hydrogen-bond donors (Lipinski definition) is 1. The maximum atomic E-state index is 9.69. The molecule has 4 nitrogen and oxygen atoms in total. The third-order valence-corrected chi connectivity index (χ3v) is 3.52. The van der Waals surface area contributed by atoms with E-state index in [-0.39, 0.29) is 5.60 Å². The molecule has 1 aromatic heterocycles. The summed E-state index contributed by atoms with van der Waals surface area (Å²) in [7, 11) is 0. The van der Waals surface area contributed by atoms with Gasteiger partial charge in [0, 0.05) is 11.6 Å². The van der Waals surface area contributed by atoms with E-state index in [0.29, 0.717) is 13.4 Å². The molecule has 0 aliphatic rings. The number of aliphatic hydroxyl groups is 1. The zero-order chi connectivity index (χ0) is 17.6. The van der Waals surface area contributed by atoms with Crippen LogP contribution in [0.3, 0.4) is 0 Å². The molecule has 0 amide bonds. The van der Waals surface area contributed by atoms with Crippen molar-refractivity contribution in [1.29, 1.82) is 0 Å². The van der Waals surface area contributed by atoms with Gasteiger partial charge in [-0.05, 0) is 63.4 Å². The van der Waals surface area contributed by atoms with Gasteiger partial charge in [-0.2, -0.15) is 0 Å². The molecule has 0 saturated heterocycles. The predicted molar refractivity (Wildman–Crippen MR) is 97.7 cm³/mol. The summed E-state index contributed by atoms with van der Waals surface area (Å²) >= 11 is 0. The maximum absolute atomic E-state index is 9.69. The van der Waals surface area contributed by atoms with E-state index in [1.807, 2.05) is 51.2 Å². The number of aromatic nitrogens is 1. The highest BCUT2D eigenvalue weighted by Crippen LogP contribution is 2.20. The van der Waals surface area contributed by atoms with Gasteiger partial charge < -0.3 is 14.6 Å². The Morgan fingerprint density at radius 3 is 2.75 bits per heavy atom. The Hall–Kier alpha value is -1.75. The van der Waals surface area contributed by atoms with Crippen LogP contribution in [-0.4, -0.2) is 29.1 Å². The van der Waals surface area contributed by atoms with Crippen molar-refractivity contribution in [3.63, 3.8) is 0 Å². The van der Waals surface area contributed by atoms with Crippen LogP contribution in [0, 0.1) is 0 Å². The molecular formula is C20H27NO3. The van der Waals surface area contributed by atoms with Crippen molar-refractivity contribution in [2.75, 3.05) is 13.4 Å². The Morgan fingerprint density at radius 1 is 1.25 bits per heavy atom. The van der Waals surface area contributed by atoms with Gasteiger partial charge in [0.05, 0.1) is 23.8 Å². The monoisotopic (exact) mass is 329 g/mol. The van der Waals surface area contributed by atoms with E-state index in [4.69, 9.17) is 9.47 Å². The molecule has 0 saturated carbocycles. The molecule has 1 N–H and O–H groups in total. The zero-order valence-electron chi connectivity index (χ0n) is 15.0. The second-order valence-corrected chi connectivity index (χ2v) is 6.87. The molecular weight excluding hydrogens is 302 g/mol. The number of ether oxygens (including phenoxy) is 2. The molecule has 1 heterocycles. The van der Waals surface area contributed by atoms with Crippen LogP contribution in [0.15, 0.2) is 36.5 Å². The van der Waals surface area contributed by atoms with Crippen LogP contribution in [-0.2, 0) is 9.47 Å². The maximum Gasteiger partial charge on any atom is 0.147 e. The molecule has 0 radical (unpaired) electrons. The van der Waals surface area contributed by atoms with Gasteiger partial charge in [0.2, 0.25) is 0 Å². The van der Waals surface area contributed by atoms with E-state index in [0.717, 1.165) is 28.5 Å². The lowest BCUT2D eigenvalue weighted by atomic mass is 10.1. The molecule has 24 heavy (non-hydrogen) atoms. The highest BCUT2D eigenvalue weighted by Gasteiger charge is 2.08.